The van der Waals surface area contributed by atoms with Gasteiger partial charge in [-0.2, -0.15) is 0 Å². The Morgan fingerprint density at radius 2 is 1.95 bits per heavy atom. The van der Waals surface area contributed by atoms with Crippen molar-refractivity contribution < 1.29 is 8.78 Å². The van der Waals surface area contributed by atoms with Crippen LogP contribution < -0.4 is 5.32 Å². The second-order valence-electron chi connectivity index (χ2n) is 4.62. The summed E-state index contributed by atoms with van der Waals surface area (Å²) >= 11 is 7.48. The minimum Gasteiger partial charge on any atom is -0.314 e. The highest BCUT2D eigenvalue weighted by Crippen LogP contribution is 2.23. The Morgan fingerprint density at radius 1 is 1.15 bits per heavy atom. The molecule has 20 heavy (non-hydrogen) atoms. The first-order chi connectivity index (χ1) is 9.58. The molecule has 0 aliphatic heterocycles. The zero-order chi connectivity index (χ0) is 14.5. The van der Waals surface area contributed by atoms with Gasteiger partial charge in [0.25, 0.3) is 0 Å². The molecule has 5 heteroatoms. The molecule has 1 atom stereocenters. The van der Waals surface area contributed by atoms with Gasteiger partial charge in [-0.15, -0.1) is 11.3 Å². The molecule has 0 saturated heterocycles. The third-order valence-corrected chi connectivity index (χ3v) is 4.29. The molecule has 1 heterocycles. The quantitative estimate of drug-likeness (QED) is 0.831. The van der Waals surface area contributed by atoms with Crippen LogP contribution in [0, 0.1) is 11.6 Å². The maximum absolute atomic E-state index is 13.2. The largest absolute Gasteiger partial charge is 0.314 e. The molecule has 2 rings (SSSR count). The van der Waals surface area contributed by atoms with Crippen LogP contribution in [-0.4, -0.2) is 12.6 Å². The molecule has 0 bridgehead atoms. The third kappa shape index (κ3) is 4.27. The van der Waals surface area contributed by atoms with E-state index in [1.165, 1.54) is 17.0 Å². The highest BCUT2D eigenvalue weighted by atomic mass is 35.5. The summed E-state index contributed by atoms with van der Waals surface area (Å²) in [7, 11) is 0. The van der Waals surface area contributed by atoms with E-state index in [4.69, 9.17) is 11.6 Å². The van der Waals surface area contributed by atoms with Gasteiger partial charge in [-0.1, -0.05) is 24.6 Å². The lowest BCUT2D eigenvalue weighted by Crippen LogP contribution is -2.32. The molecule has 1 nitrogen and oxygen atoms in total. The van der Waals surface area contributed by atoms with Crippen molar-refractivity contribution in [3.05, 3.63) is 56.7 Å². The summed E-state index contributed by atoms with van der Waals surface area (Å²) in [6.07, 6.45) is 1.48. The smallest absolute Gasteiger partial charge is 0.159 e. The van der Waals surface area contributed by atoms with E-state index < -0.39 is 11.6 Å². The third-order valence-electron chi connectivity index (χ3n) is 3.04. The Hall–Kier alpha value is -0.970. The topological polar surface area (TPSA) is 12.0 Å². The van der Waals surface area contributed by atoms with Gasteiger partial charge in [-0.25, -0.2) is 8.78 Å². The fourth-order valence-corrected chi connectivity index (χ4v) is 3.33. The number of hydrogen-bond acceptors (Lipinski definition) is 2. The molecule has 1 aromatic heterocycles. The standard InChI is InChI=1S/C15H16ClF2NS/c1-2-19-11(9-12-4-6-15(16)20-12)7-10-3-5-13(17)14(18)8-10/h3-6,8,11,19H,2,7,9H2,1H3. The van der Waals surface area contributed by atoms with Crippen molar-refractivity contribution in [1.29, 1.82) is 0 Å². The number of nitrogens with one attached hydrogen (secondary N) is 1. The van der Waals surface area contributed by atoms with Crippen molar-refractivity contribution in [3.8, 4) is 0 Å². The Labute approximate surface area is 126 Å². The molecule has 1 unspecified atom stereocenters. The van der Waals surface area contributed by atoms with Crippen molar-refractivity contribution in [1.82, 2.24) is 5.32 Å². The van der Waals surface area contributed by atoms with E-state index in [2.05, 4.69) is 5.32 Å². The summed E-state index contributed by atoms with van der Waals surface area (Å²) < 4.78 is 26.9. The lowest BCUT2D eigenvalue weighted by Gasteiger charge is -2.17. The van der Waals surface area contributed by atoms with Gasteiger partial charge in [0.05, 0.1) is 4.34 Å². The van der Waals surface area contributed by atoms with E-state index in [0.717, 1.165) is 22.9 Å². The van der Waals surface area contributed by atoms with Crippen LogP contribution in [0.4, 0.5) is 8.78 Å². The first kappa shape index (κ1) is 15.4. The molecule has 1 N–H and O–H groups in total. The minimum atomic E-state index is -0.807. The van der Waals surface area contributed by atoms with Crippen LogP contribution in [0.3, 0.4) is 0 Å². The van der Waals surface area contributed by atoms with Crippen LogP contribution in [0.15, 0.2) is 30.3 Å². The van der Waals surface area contributed by atoms with Gasteiger partial charge < -0.3 is 5.32 Å². The number of rotatable bonds is 6. The fourth-order valence-electron chi connectivity index (χ4n) is 2.16. The molecular weight excluding hydrogens is 300 g/mol. The predicted octanol–water partition coefficient (Wildman–Crippen LogP) is 4.44. The zero-order valence-electron chi connectivity index (χ0n) is 11.1. The Bertz CT molecular complexity index is 571. The highest BCUT2D eigenvalue weighted by molar-refractivity contribution is 7.16. The lowest BCUT2D eigenvalue weighted by molar-refractivity contribution is 0.498. The van der Waals surface area contributed by atoms with Crippen LogP contribution in [0.1, 0.15) is 17.4 Å². The second-order valence-corrected chi connectivity index (χ2v) is 6.42. The Morgan fingerprint density at radius 3 is 2.55 bits per heavy atom. The molecular formula is C15H16ClF2NS. The predicted molar refractivity (Wildman–Crippen MR) is 80.6 cm³/mol. The van der Waals surface area contributed by atoms with Gasteiger partial charge in [0, 0.05) is 10.9 Å². The van der Waals surface area contributed by atoms with E-state index in [0.29, 0.717) is 6.42 Å². The Kier molecular flexibility index (Phi) is 5.52. The summed E-state index contributed by atoms with van der Waals surface area (Å²) in [5.41, 5.74) is 0.789. The number of benzene rings is 1. The monoisotopic (exact) mass is 315 g/mol. The maximum Gasteiger partial charge on any atom is 0.159 e. The summed E-state index contributed by atoms with van der Waals surface area (Å²) in [4.78, 5) is 1.18. The number of thiophene rings is 1. The lowest BCUT2D eigenvalue weighted by atomic mass is 10.0. The van der Waals surface area contributed by atoms with Gasteiger partial charge in [0.15, 0.2) is 11.6 Å². The molecule has 1 aromatic carbocycles. The number of likely N-dealkylation sites (N-methyl/N-ethyl adjacent to an activating group) is 1. The minimum absolute atomic E-state index is 0.180. The van der Waals surface area contributed by atoms with Gasteiger partial charge >= 0.3 is 0 Å². The molecule has 0 spiro atoms. The zero-order valence-corrected chi connectivity index (χ0v) is 12.7. The first-order valence-corrected chi connectivity index (χ1v) is 7.69. The van der Waals surface area contributed by atoms with Crippen molar-refractivity contribution in [2.45, 2.75) is 25.8 Å². The average molecular weight is 316 g/mol. The maximum atomic E-state index is 13.2. The van der Waals surface area contributed by atoms with Gasteiger partial charge in [0.1, 0.15) is 0 Å². The van der Waals surface area contributed by atoms with Crippen molar-refractivity contribution in [3.63, 3.8) is 0 Å². The molecule has 2 aromatic rings. The normalized spacial score (nSPS) is 12.6. The average Bonchev–Trinajstić information content (AvgIpc) is 2.80. The van der Waals surface area contributed by atoms with E-state index in [1.54, 1.807) is 17.4 Å². The van der Waals surface area contributed by atoms with Crippen LogP contribution >= 0.6 is 22.9 Å². The summed E-state index contributed by atoms with van der Waals surface area (Å²) in [6, 6.07) is 8.13. The number of halogens is 3. The van der Waals surface area contributed by atoms with Crippen LogP contribution in [0.2, 0.25) is 4.34 Å². The molecule has 108 valence electrons. The van der Waals surface area contributed by atoms with Crippen molar-refractivity contribution in [2.24, 2.45) is 0 Å². The molecule has 0 saturated carbocycles. The van der Waals surface area contributed by atoms with E-state index in [1.807, 2.05) is 19.1 Å². The SMILES string of the molecule is CCNC(Cc1ccc(F)c(F)c1)Cc1ccc(Cl)s1. The fraction of sp³-hybridized carbons (Fsp3) is 0.333. The van der Waals surface area contributed by atoms with Gasteiger partial charge in [-0.3, -0.25) is 0 Å². The molecule has 0 radical (unpaired) electrons. The second kappa shape index (κ2) is 7.16. The van der Waals surface area contributed by atoms with Crippen LogP contribution in [-0.2, 0) is 12.8 Å². The summed E-state index contributed by atoms with van der Waals surface area (Å²) in [5.74, 6) is -1.60. The van der Waals surface area contributed by atoms with Gasteiger partial charge in [0.2, 0.25) is 0 Å². The summed E-state index contributed by atoms with van der Waals surface area (Å²) in [5, 5.41) is 3.37. The van der Waals surface area contributed by atoms with E-state index in [-0.39, 0.29) is 6.04 Å². The molecule has 0 amide bonds. The summed E-state index contributed by atoms with van der Waals surface area (Å²) in [6.45, 7) is 2.85. The molecule has 0 fully saturated rings. The van der Waals surface area contributed by atoms with Crippen LogP contribution in [0.5, 0.6) is 0 Å². The van der Waals surface area contributed by atoms with Gasteiger partial charge in [-0.05, 0) is 49.2 Å². The number of hydrogen-bond donors (Lipinski definition) is 1. The molecule has 0 aliphatic rings. The molecule has 0 aliphatic carbocycles. The highest BCUT2D eigenvalue weighted by Gasteiger charge is 2.12. The van der Waals surface area contributed by atoms with Crippen LogP contribution in [0.25, 0.3) is 0 Å². The van der Waals surface area contributed by atoms with Crippen molar-refractivity contribution >= 4 is 22.9 Å². The van der Waals surface area contributed by atoms with Crippen molar-refractivity contribution in [2.75, 3.05) is 6.54 Å². The first-order valence-electron chi connectivity index (χ1n) is 6.50. The van der Waals surface area contributed by atoms with E-state index in [9.17, 15) is 8.78 Å². The Balaban J connectivity index is 2.06. The van der Waals surface area contributed by atoms with E-state index >= 15 is 0 Å².